The first-order valence-corrected chi connectivity index (χ1v) is 30.2. The summed E-state index contributed by atoms with van der Waals surface area (Å²) in [6.45, 7) is 37.1. The Hall–Kier alpha value is -5.78. The van der Waals surface area contributed by atoms with E-state index < -0.39 is 0 Å². The molecule has 6 aliphatic rings. The zero-order valence-electron chi connectivity index (χ0n) is 49.0. The summed E-state index contributed by atoms with van der Waals surface area (Å²) in [7, 11) is 0. The van der Waals surface area contributed by atoms with Crippen molar-refractivity contribution in [3.8, 4) is 0 Å². The monoisotopic (exact) mass is 1030 g/mol. The minimum Gasteiger partial charge on any atom is -0.334 e. The maximum atomic E-state index is 2.83. The average molecular weight is 1030 g/mol. The highest BCUT2D eigenvalue weighted by atomic mass is 32.1. The molecule has 4 heterocycles. The van der Waals surface area contributed by atoms with Gasteiger partial charge in [-0.15, -0.1) is 11.3 Å². The number of thiophene rings is 1. The highest BCUT2D eigenvalue weighted by Gasteiger charge is 2.58. The van der Waals surface area contributed by atoms with E-state index in [-0.39, 0.29) is 44.7 Å². The fourth-order valence-corrected chi connectivity index (χ4v) is 17.5. The maximum absolute atomic E-state index is 2.83. The lowest BCUT2D eigenvalue weighted by Gasteiger charge is -2.51. The van der Waals surface area contributed by atoms with E-state index in [4.69, 9.17) is 0 Å². The van der Waals surface area contributed by atoms with Gasteiger partial charge in [-0.25, -0.2) is 0 Å². The second kappa shape index (κ2) is 16.0. The van der Waals surface area contributed by atoms with Crippen LogP contribution in [0.1, 0.15) is 186 Å². The molecule has 0 N–H and O–H groups in total. The number of rotatable bonds is 3. The lowest BCUT2D eigenvalue weighted by Crippen LogP contribution is -2.62. The molecule has 8 aromatic rings. The van der Waals surface area contributed by atoms with Crippen LogP contribution in [0.25, 0.3) is 20.2 Å². The largest absolute Gasteiger partial charge is 0.334 e. The smallest absolute Gasteiger partial charge is 0.252 e. The van der Waals surface area contributed by atoms with Crippen LogP contribution in [0.15, 0.2) is 115 Å². The lowest BCUT2D eigenvalue weighted by atomic mass is 9.33. The van der Waals surface area contributed by atoms with E-state index in [1.54, 1.807) is 0 Å². The number of hydrogen-bond donors (Lipinski definition) is 0. The van der Waals surface area contributed by atoms with Crippen LogP contribution < -0.4 is 31.1 Å². The van der Waals surface area contributed by atoms with Gasteiger partial charge >= 0.3 is 0 Å². The van der Waals surface area contributed by atoms with E-state index in [1.807, 2.05) is 11.3 Å². The summed E-state index contributed by atoms with van der Waals surface area (Å²) in [6.07, 6.45) is 9.60. The predicted molar refractivity (Wildman–Crippen MR) is 335 cm³/mol. The van der Waals surface area contributed by atoms with Gasteiger partial charge in [0, 0.05) is 60.7 Å². The molecule has 1 saturated carbocycles. The number of aryl methyl sites for hydroxylation is 2. The molecule has 0 bridgehead atoms. The third kappa shape index (κ3) is 6.80. The van der Waals surface area contributed by atoms with Crippen LogP contribution in [0, 0.1) is 13.8 Å². The van der Waals surface area contributed by atoms with Crippen LogP contribution in [0.5, 0.6) is 0 Å². The van der Waals surface area contributed by atoms with Crippen molar-refractivity contribution in [3.63, 3.8) is 0 Å². The van der Waals surface area contributed by atoms with Crippen molar-refractivity contribution in [1.82, 2.24) is 0 Å². The van der Waals surface area contributed by atoms with Gasteiger partial charge in [-0.3, -0.25) is 0 Å². The first-order chi connectivity index (χ1) is 36.3. The maximum Gasteiger partial charge on any atom is 0.252 e. The zero-order chi connectivity index (χ0) is 53.9. The fraction of sp³-hybridized carbons (Fsp3) is 0.417. The molecule has 0 amide bonds. The van der Waals surface area contributed by atoms with Crippen molar-refractivity contribution >= 4 is 100 Å². The van der Waals surface area contributed by atoms with E-state index in [0.717, 1.165) is 0 Å². The summed E-state index contributed by atoms with van der Waals surface area (Å²) in [5, 5.41) is 2.68. The summed E-state index contributed by atoms with van der Waals surface area (Å²) >= 11 is 1.95. The molecule has 392 valence electrons. The summed E-state index contributed by atoms with van der Waals surface area (Å²) in [5.74, 6) is 0. The quantitative estimate of drug-likeness (QED) is 0.163. The summed E-state index contributed by atoms with van der Waals surface area (Å²) in [4.78, 5) is 8.33. The normalized spacial score (nSPS) is 23.0. The topological polar surface area (TPSA) is 9.72 Å². The number of anilines is 8. The van der Waals surface area contributed by atoms with Crippen LogP contribution in [-0.2, 0) is 32.5 Å². The Balaban J connectivity index is 1.09. The summed E-state index contributed by atoms with van der Waals surface area (Å²) in [5.41, 5.74) is 26.7. The molecule has 3 aliphatic carbocycles. The molecular formula is C72H80BN3S. The number of hydrogen-bond acceptors (Lipinski definition) is 4. The number of nitrogens with zero attached hydrogens (tertiary/aromatic N) is 3. The van der Waals surface area contributed by atoms with E-state index in [1.165, 1.54) is 178 Å². The summed E-state index contributed by atoms with van der Waals surface area (Å²) in [6, 6.07) is 47.2. The summed E-state index contributed by atoms with van der Waals surface area (Å²) < 4.78 is 2.69. The van der Waals surface area contributed by atoms with Crippen molar-refractivity contribution in [2.75, 3.05) is 14.7 Å². The van der Waals surface area contributed by atoms with Crippen molar-refractivity contribution in [2.24, 2.45) is 0 Å². The molecule has 5 heteroatoms. The first kappa shape index (κ1) is 49.5. The van der Waals surface area contributed by atoms with Gasteiger partial charge in [0.15, 0.2) is 0 Å². The minimum absolute atomic E-state index is 0.0175. The molecule has 7 aromatic carbocycles. The lowest BCUT2D eigenvalue weighted by molar-refractivity contribution is 0.195. The number of fused-ring (bicyclic) bond motifs is 12. The molecule has 0 radical (unpaired) electrons. The van der Waals surface area contributed by atoms with Crippen LogP contribution in [0.4, 0.5) is 45.5 Å². The van der Waals surface area contributed by atoms with Crippen molar-refractivity contribution < 1.29 is 0 Å². The van der Waals surface area contributed by atoms with E-state index in [9.17, 15) is 0 Å². The highest BCUT2D eigenvalue weighted by Crippen LogP contribution is 2.62. The molecule has 2 unspecified atom stereocenters. The van der Waals surface area contributed by atoms with Crippen molar-refractivity contribution in [1.29, 1.82) is 0 Å². The Morgan fingerprint density at radius 1 is 0.468 bits per heavy atom. The minimum atomic E-state index is -0.0835. The highest BCUT2D eigenvalue weighted by molar-refractivity contribution is 7.26. The first-order valence-electron chi connectivity index (χ1n) is 29.4. The van der Waals surface area contributed by atoms with Gasteiger partial charge in [-0.2, -0.15) is 0 Å². The van der Waals surface area contributed by atoms with Crippen molar-refractivity contribution in [2.45, 2.75) is 193 Å². The molecule has 3 nitrogen and oxygen atoms in total. The molecule has 0 spiro atoms. The van der Waals surface area contributed by atoms with Gasteiger partial charge in [0.25, 0.3) is 6.71 Å². The molecule has 77 heavy (non-hydrogen) atoms. The third-order valence-electron chi connectivity index (χ3n) is 21.4. The molecule has 3 aliphatic heterocycles. The van der Waals surface area contributed by atoms with Crippen LogP contribution in [-0.4, -0.2) is 12.3 Å². The average Bonchev–Trinajstić information content (AvgIpc) is 3.95. The zero-order valence-corrected chi connectivity index (χ0v) is 49.8. The van der Waals surface area contributed by atoms with Gasteiger partial charge in [-0.1, -0.05) is 157 Å². The molecule has 14 rings (SSSR count). The van der Waals surface area contributed by atoms with Crippen molar-refractivity contribution in [3.05, 3.63) is 160 Å². The predicted octanol–water partition coefficient (Wildman–Crippen LogP) is 18.5. The molecule has 1 aromatic heterocycles. The molecule has 1 fully saturated rings. The molecule has 0 saturated heterocycles. The Kier molecular flexibility index (Phi) is 10.3. The second-order valence-electron chi connectivity index (χ2n) is 29.1. The Bertz CT molecular complexity index is 3860. The number of benzene rings is 7. The van der Waals surface area contributed by atoms with E-state index >= 15 is 0 Å². The standard InChI is InChI=1S/C72H80BN3S/c1-43-35-61-64-62(36-43)75(58-41-51-49(37-44(58)2)67(6,7)31-33-69(51,10)11)59-39-46(76-56-28-25-45(66(3,4)5)38-53(56)71(14)29-18-19-30-72(71,76)15)26-27-54(59)73(64)55-40-50-52(70(12,13)34-32-68(50,8)9)42-60(55)74(61)57-23-20-22-48-47-21-16-17-24-63(47)77-65(48)57/h16-17,20-28,35-42H,18-19,29-34H2,1-15H3. The van der Waals surface area contributed by atoms with Gasteiger partial charge < -0.3 is 14.7 Å². The van der Waals surface area contributed by atoms with E-state index in [2.05, 4.69) is 234 Å². The molecule has 2 atom stereocenters. The third-order valence-corrected chi connectivity index (χ3v) is 22.6. The van der Waals surface area contributed by atoms with Gasteiger partial charge in [0.05, 0.1) is 15.9 Å². The Morgan fingerprint density at radius 2 is 1.05 bits per heavy atom. The van der Waals surface area contributed by atoms with Gasteiger partial charge in [0.1, 0.15) is 0 Å². The molecular weight excluding hydrogens is 950 g/mol. The van der Waals surface area contributed by atoms with E-state index in [0.29, 0.717) is 0 Å². The Morgan fingerprint density at radius 3 is 1.73 bits per heavy atom. The Labute approximate surface area is 465 Å². The van der Waals surface area contributed by atoms with Gasteiger partial charge in [-0.05, 0) is 202 Å². The van der Waals surface area contributed by atoms with Crippen LogP contribution >= 0.6 is 11.3 Å². The van der Waals surface area contributed by atoms with Gasteiger partial charge in [0.2, 0.25) is 0 Å². The second-order valence-corrected chi connectivity index (χ2v) is 30.2. The van der Waals surface area contributed by atoms with Crippen LogP contribution in [0.2, 0.25) is 0 Å². The SMILES string of the molecule is Cc1cc2c3c(c1)N(c1cccc4c1sc1ccccc14)c1cc4c(cc1B3c1ccc(N3c5ccc(C(C)(C)C)cc5C5(C)CCCCC35C)cc1N2c1cc2c(cc1C)C(C)(C)CCC2(C)C)C(C)(C)CCC4(C)C. The van der Waals surface area contributed by atoms with Crippen LogP contribution in [0.3, 0.4) is 0 Å². The fourth-order valence-electron chi connectivity index (χ4n) is 16.3.